The predicted molar refractivity (Wildman–Crippen MR) is 135 cm³/mol. The lowest BCUT2D eigenvalue weighted by atomic mass is 10.0. The Morgan fingerprint density at radius 2 is 1.41 bits per heavy atom. The van der Waals surface area contributed by atoms with Gasteiger partial charge in [0.05, 0.1) is 5.56 Å². The molecule has 0 saturated carbocycles. The second-order valence-electron chi connectivity index (χ2n) is 8.42. The summed E-state index contributed by atoms with van der Waals surface area (Å²) in [6, 6.07) is 32.9. The van der Waals surface area contributed by atoms with Gasteiger partial charge in [-0.25, -0.2) is 4.98 Å². The number of pyridine rings is 1. The van der Waals surface area contributed by atoms with Crippen LogP contribution in [0.2, 0.25) is 0 Å². The highest BCUT2D eigenvalue weighted by Crippen LogP contribution is 2.22. The number of aromatic nitrogens is 1. The van der Waals surface area contributed by atoms with E-state index < -0.39 is 5.91 Å². The third-order valence-corrected chi connectivity index (χ3v) is 5.78. The quantitative estimate of drug-likeness (QED) is 0.340. The summed E-state index contributed by atoms with van der Waals surface area (Å²) < 4.78 is 5.80. The van der Waals surface area contributed by atoms with Crippen LogP contribution in [0.5, 0.6) is 11.6 Å². The molecule has 5 nitrogen and oxygen atoms in total. The highest BCUT2D eigenvalue weighted by Gasteiger charge is 2.16. The van der Waals surface area contributed by atoms with Crippen LogP contribution in [0.1, 0.15) is 34.0 Å². The fraction of sp³-hybridized carbons (Fsp3) is 0.172. The lowest BCUT2D eigenvalue weighted by molar-refractivity contribution is 0.1000. The molecule has 0 spiro atoms. The zero-order chi connectivity index (χ0) is 23.8. The van der Waals surface area contributed by atoms with Crippen molar-refractivity contribution in [2.75, 3.05) is 0 Å². The molecule has 4 rings (SSSR count). The molecule has 1 atom stereocenters. The number of carbonyl (C=O) groups excluding carboxylic acids is 1. The summed E-state index contributed by atoms with van der Waals surface area (Å²) in [4.78, 5) is 17.8. The van der Waals surface area contributed by atoms with Gasteiger partial charge in [-0.1, -0.05) is 72.8 Å². The van der Waals surface area contributed by atoms with Gasteiger partial charge in [-0.15, -0.1) is 0 Å². The van der Waals surface area contributed by atoms with Crippen LogP contribution in [0.25, 0.3) is 0 Å². The number of hydrogen-bond donors (Lipinski definition) is 1. The second-order valence-corrected chi connectivity index (χ2v) is 8.42. The number of carbonyl (C=O) groups is 1. The first-order valence-corrected chi connectivity index (χ1v) is 11.4. The molecule has 172 valence electrons. The summed E-state index contributed by atoms with van der Waals surface area (Å²) >= 11 is 0. The molecule has 5 heteroatoms. The Hall–Kier alpha value is -3.96. The number of nitrogens with zero attached hydrogens (tertiary/aromatic N) is 2. The largest absolute Gasteiger partial charge is 0.439 e. The lowest BCUT2D eigenvalue weighted by Gasteiger charge is -2.29. The van der Waals surface area contributed by atoms with Gasteiger partial charge in [-0.3, -0.25) is 9.69 Å². The molecular weight excluding hydrogens is 422 g/mol. The van der Waals surface area contributed by atoms with E-state index in [2.05, 4.69) is 89.6 Å². The van der Waals surface area contributed by atoms with Crippen molar-refractivity contribution >= 4 is 5.91 Å². The number of nitrogens with two attached hydrogens (primary N) is 1. The number of ether oxygens (including phenoxy) is 1. The van der Waals surface area contributed by atoms with Gasteiger partial charge in [-0.05, 0) is 48.2 Å². The van der Waals surface area contributed by atoms with Crippen molar-refractivity contribution in [1.82, 2.24) is 9.88 Å². The number of primary amides is 1. The number of hydrogen-bond acceptors (Lipinski definition) is 4. The van der Waals surface area contributed by atoms with Crippen LogP contribution >= 0.6 is 0 Å². The summed E-state index contributed by atoms with van der Waals surface area (Å²) in [5, 5.41) is 0. The third kappa shape index (κ3) is 6.53. The van der Waals surface area contributed by atoms with Gasteiger partial charge in [0, 0.05) is 31.4 Å². The van der Waals surface area contributed by atoms with Crippen LogP contribution in [0.3, 0.4) is 0 Å². The Bertz CT molecular complexity index is 1140. The standard InChI is InChI=1S/C29H29N3O2/c1-22(32(20-24-8-4-2-5-9-24)21-25-10-6-3-7-11-25)18-23-12-15-27(16-13-23)34-28-17-14-26(19-31-28)29(30)33/h2-17,19,22H,18,20-21H2,1H3,(H2,30,33)/t22-/m1/s1. The summed E-state index contributed by atoms with van der Waals surface area (Å²) in [7, 11) is 0. The van der Waals surface area contributed by atoms with Gasteiger partial charge in [0.1, 0.15) is 5.75 Å². The molecule has 3 aromatic carbocycles. The zero-order valence-corrected chi connectivity index (χ0v) is 19.3. The minimum Gasteiger partial charge on any atom is -0.439 e. The van der Waals surface area contributed by atoms with E-state index in [1.807, 2.05) is 12.1 Å². The molecule has 1 amide bonds. The maximum atomic E-state index is 11.2. The van der Waals surface area contributed by atoms with Gasteiger partial charge in [0.25, 0.3) is 0 Å². The monoisotopic (exact) mass is 451 g/mol. The van der Waals surface area contributed by atoms with Crippen molar-refractivity contribution in [2.24, 2.45) is 5.73 Å². The van der Waals surface area contributed by atoms with Gasteiger partial charge in [0.15, 0.2) is 0 Å². The summed E-state index contributed by atoms with van der Waals surface area (Å²) in [5.74, 6) is 0.607. The molecular formula is C29H29N3O2. The molecule has 0 aliphatic rings. The van der Waals surface area contributed by atoms with Crippen molar-refractivity contribution in [2.45, 2.75) is 32.5 Å². The Kier molecular flexibility index (Phi) is 7.68. The molecule has 1 heterocycles. The van der Waals surface area contributed by atoms with E-state index in [1.54, 1.807) is 12.1 Å². The maximum Gasteiger partial charge on any atom is 0.250 e. The molecule has 2 N–H and O–H groups in total. The van der Waals surface area contributed by atoms with E-state index in [0.717, 1.165) is 19.5 Å². The van der Waals surface area contributed by atoms with Gasteiger partial charge in [0.2, 0.25) is 11.8 Å². The number of rotatable bonds is 10. The van der Waals surface area contributed by atoms with E-state index in [9.17, 15) is 4.79 Å². The number of amides is 1. The van der Waals surface area contributed by atoms with E-state index in [1.165, 1.54) is 22.9 Å². The molecule has 1 aromatic heterocycles. The van der Waals surface area contributed by atoms with Crippen molar-refractivity contribution in [1.29, 1.82) is 0 Å². The summed E-state index contributed by atoms with van der Waals surface area (Å²) in [6.07, 6.45) is 2.34. The highest BCUT2D eigenvalue weighted by molar-refractivity contribution is 5.92. The average Bonchev–Trinajstić information content (AvgIpc) is 2.86. The lowest BCUT2D eigenvalue weighted by Crippen LogP contribution is -2.33. The molecule has 0 unspecified atom stereocenters. The van der Waals surface area contributed by atoms with Crippen molar-refractivity contribution < 1.29 is 9.53 Å². The van der Waals surface area contributed by atoms with Gasteiger partial charge >= 0.3 is 0 Å². The van der Waals surface area contributed by atoms with Crippen LogP contribution < -0.4 is 10.5 Å². The summed E-state index contributed by atoms with van der Waals surface area (Å²) in [6.45, 7) is 4.07. The van der Waals surface area contributed by atoms with Crippen molar-refractivity contribution in [3.05, 3.63) is 126 Å². The van der Waals surface area contributed by atoms with Gasteiger partial charge < -0.3 is 10.5 Å². The highest BCUT2D eigenvalue weighted by atomic mass is 16.5. The average molecular weight is 452 g/mol. The molecule has 0 aliphatic carbocycles. The van der Waals surface area contributed by atoms with E-state index in [4.69, 9.17) is 10.5 Å². The Morgan fingerprint density at radius 1 is 0.824 bits per heavy atom. The minimum absolute atomic E-state index is 0.343. The zero-order valence-electron chi connectivity index (χ0n) is 19.3. The first-order chi connectivity index (χ1) is 16.6. The normalized spacial score (nSPS) is 11.8. The predicted octanol–water partition coefficient (Wildman–Crippen LogP) is 5.61. The fourth-order valence-corrected chi connectivity index (χ4v) is 3.87. The van der Waals surface area contributed by atoms with Crippen molar-refractivity contribution in [3.63, 3.8) is 0 Å². The van der Waals surface area contributed by atoms with Crippen LogP contribution in [0.15, 0.2) is 103 Å². The molecule has 0 saturated heterocycles. The molecule has 4 aromatic rings. The van der Waals surface area contributed by atoms with Crippen molar-refractivity contribution in [3.8, 4) is 11.6 Å². The topological polar surface area (TPSA) is 68.5 Å². The molecule has 0 bridgehead atoms. The molecule has 34 heavy (non-hydrogen) atoms. The van der Waals surface area contributed by atoms with Crippen LogP contribution in [0.4, 0.5) is 0 Å². The second kappa shape index (κ2) is 11.3. The Labute approximate surface area is 200 Å². The van der Waals surface area contributed by atoms with E-state index in [0.29, 0.717) is 23.2 Å². The Morgan fingerprint density at radius 3 is 1.91 bits per heavy atom. The first kappa shape index (κ1) is 23.2. The molecule has 0 fully saturated rings. The maximum absolute atomic E-state index is 11.2. The third-order valence-electron chi connectivity index (χ3n) is 5.78. The van der Waals surface area contributed by atoms with Crippen LogP contribution in [-0.2, 0) is 19.5 Å². The van der Waals surface area contributed by atoms with E-state index in [-0.39, 0.29) is 0 Å². The minimum atomic E-state index is -0.508. The molecule has 0 radical (unpaired) electrons. The smallest absolute Gasteiger partial charge is 0.250 e. The number of benzene rings is 3. The SMILES string of the molecule is C[C@H](Cc1ccc(Oc2ccc(C(N)=O)cn2)cc1)N(Cc1ccccc1)Cc1ccccc1. The van der Waals surface area contributed by atoms with E-state index >= 15 is 0 Å². The molecule has 0 aliphatic heterocycles. The summed E-state index contributed by atoms with van der Waals surface area (Å²) in [5.41, 5.74) is 9.47. The fourth-order valence-electron chi connectivity index (χ4n) is 3.87. The Balaban J connectivity index is 1.42. The first-order valence-electron chi connectivity index (χ1n) is 11.4. The van der Waals surface area contributed by atoms with Gasteiger partial charge in [-0.2, -0.15) is 0 Å². The van der Waals surface area contributed by atoms with Crippen LogP contribution in [-0.4, -0.2) is 21.8 Å². The van der Waals surface area contributed by atoms with Crippen LogP contribution in [0, 0.1) is 0 Å².